The van der Waals surface area contributed by atoms with Gasteiger partial charge in [0.15, 0.2) is 9.84 Å². The zero-order valence-electron chi connectivity index (χ0n) is 11.5. The van der Waals surface area contributed by atoms with Crippen molar-refractivity contribution in [3.8, 4) is 5.75 Å². The first-order valence-electron chi connectivity index (χ1n) is 6.80. The van der Waals surface area contributed by atoms with Gasteiger partial charge in [0.1, 0.15) is 5.75 Å². The van der Waals surface area contributed by atoms with E-state index < -0.39 is 9.84 Å². The van der Waals surface area contributed by atoms with Gasteiger partial charge in [0.25, 0.3) is 0 Å². The van der Waals surface area contributed by atoms with Gasteiger partial charge in [-0.05, 0) is 36.6 Å². The van der Waals surface area contributed by atoms with Crippen molar-refractivity contribution in [2.75, 3.05) is 24.7 Å². The maximum atomic E-state index is 11.6. The number of benzene rings is 1. The predicted octanol–water partition coefficient (Wildman–Crippen LogP) is 1.66. The summed E-state index contributed by atoms with van der Waals surface area (Å²) in [6.07, 6.45) is 0.867. The van der Waals surface area contributed by atoms with E-state index in [1.807, 2.05) is 0 Å². The Kier molecular flexibility index (Phi) is 5.47. The molecule has 1 aromatic rings. The van der Waals surface area contributed by atoms with Gasteiger partial charge in [0, 0.05) is 11.6 Å². The molecule has 1 saturated heterocycles. The van der Waals surface area contributed by atoms with E-state index in [4.69, 9.17) is 16.3 Å². The van der Waals surface area contributed by atoms with Gasteiger partial charge >= 0.3 is 0 Å². The number of nitrogens with one attached hydrogen (secondary N) is 1. The van der Waals surface area contributed by atoms with Gasteiger partial charge in [-0.1, -0.05) is 11.6 Å². The third-order valence-electron chi connectivity index (χ3n) is 3.33. The fraction of sp³-hybridized carbons (Fsp3) is 0.500. The van der Waals surface area contributed by atoms with Crippen LogP contribution < -0.4 is 10.1 Å². The van der Waals surface area contributed by atoms with Gasteiger partial charge in [-0.2, -0.15) is 0 Å². The first-order valence-corrected chi connectivity index (χ1v) is 9.00. The predicted molar refractivity (Wildman–Crippen MR) is 81.3 cm³/mol. The van der Waals surface area contributed by atoms with E-state index >= 15 is 0 Å². The maximum Gasteiger partial charge on any atom is 0.223 e. The molecule has 7 heteroatoms. The minimum Gasteiger partial charge on any atom is -0.493 e. The van der Waals surface area contributed by atoms with Crippen molar-refractivity contribution in [1.29, 1.82) is 0 Å². The number of hydrogen-bond donors (Lipinski definition) is 1. The topological polar surface area (TPSA) is 72.5 Å². The highest BCUT2D eigenvalue weighted by molar-refractivity contribution is 7.91. The third kappa shape index (κ3) is 5.55. The number of sulfone groups is 1. The quantitative estimate of drug-likeness (QED) is 0.860. The Bertz CT molecular complexity index is 585. The smallest absolute Gasteiger partial charge is 0.223 e. The molecule has 0 spiro atoms. The zero-order chi connectivity index (χ0) is 15.3. The fourth-order valence-electron chi connectivity index (χ4n) is 2.17. The number of hydrogen-bond acceptors (Lipinski definition) is 4. The lowest BCUT2D eigenvalue weighted by Crippen LogP contribution is -2.30. The molecule has 0 aliphatic carbocycles. The standard InChI is InChI=1S/C14H18ClNO4S/c15-12-1-3-13(4-2-12)20-7-5-14(17)16-9-11-6-8-21(18,19)10-11/h1-4,11H,5-10H2,(H,16,17). The van der Waals surface area contributed by atoms with Crippen molar-refractivity contribution in [3.63, 3.8) is 0 Å². The highest BCUT2D eigenvalue weighted by atomic mass is 35.5. The minimum atomic E-state index is -2.89. The van der Waals surface area contributed by atoms with Crippen LogP contribution in [0.4, 0.5) is 0 Å². The lowest BCUT2D eigenvalue weighted by atomic mass is 10.1. The summed E-state index contributed by atoms with van der Waals surface area (Å²) in [6, 6.07) is 6.92. The van der Waals surface area contributed by atoms with Crippen LogP contribution in [0.5, 0.6) is 5.75 Å². The summed E-state index contributed by atoms with van der Waals surface area (Å²) in [5.41, 5.74) is 0. The number of amides is 1. The van der Waals surface area contributed by atoms with Crippen LogP contribution in [0.15, 0.2) is 24.3 Å². The fourth-order valence-corrected chi connectivity index (χ4v) is 4.16. The highest BCUT2D eigenvalue weighted by Crippen LogP contribution is 2.17. The summed E-state index contributed by atoms with van der Waals surface area (Å²) in [5, 5.41) is 3.38. The second-order valence-electron chi connectivity index (χ2n) is 5.13. The molecule has 0 saturated carbocycles. The Morgan fingerprint density at radius 3 is 2.67 bits per heavy atom. The van der Waals surface area contributed by atoms with Gasteiger partial charge in [-0.15, -0.1) is 0 Å². The molecule has 21 heavy (non-hydrogen) atoms. The van der Waals surface area contributed by atoms with Crippen molar-refractivity contribution in [3.05, 3.63) is 29.3 Å². The molecule has 5 nitrogen and oxygen atoms in total. The maximum absolute atomic E-state index is 11.6. The van der Waals surface area contributed by atoms with E-state index in [2.05, 4.69) is 5.32 Å². The largest absolute Gasteiger partial charge is 0.493 e. The van der Waals surface area contributed by atoms with Gasteiger partial charge in [0.05, 0.1) is 24.5 Å². The van der Waals surface area contributed by atoms with Gasteiger partial charge < -0.3 is 10.1 Å². The summed E-state index contributed by atoms with van der Waals surface area (Å²) >= 11 is 5.76. The Morgan fingerprint density at radius 1 is 1.33 bits per heavy atom. The second kappa shape index (κ2) is 7.13. The van der Waals surface area contributed by atoms with Crippen LogP contribution in [0, 0.1) is 5.92 Å². The molecule has 1 fully saturated rings. The molecule has 0 bridgehead atoms. The van der Waals surface area contributed by atoms with Crippen LogP contribution in [-0.2, 0) is 14.6 Å². The first kappa shape index (κ1) is 16.1. The van der Waals surface area contributed by atoms with Gasteiger partial charge in [-0.25, -0.2) is 8.42 Å². The molecule has 1 atom stereocenters. The number of carbonyl (C=O) groups is 1. The first-order chi connectivity index (χ1) is 9.94. The summed E-state index contributed by atoms with van der Waals surface area (Å²) in [6.45, 7) is 0.690. The van der Waals surface area contributed by atoms with Crippen LogP contribution >= 0.6 is 11.6 Å². The lowest BCUT2D eigenvalue weighted by molar-refractivity contribution is -0.121. The average molecular weight is 332 g/mol. The molecule has 1 amide bonds. The molecule has 116 valence electrons. The van der Waals surface area contributed by atoms with Gasteiger partial charge in [-0.3, -0.25) is 4.79 Å². The third-order valence-corrected chi connectivity index (χ3v) is 5.42. The monoisotopic (exact) mass is 331 g/mol. The second-order valence-corrected chi connectivity index (χ2v) is 7.79. The molecular formula is C14H18ClNO4S. The van der Waals surface area contributed by atoms with Crippen LogP contribution in [0.3, 0.4) is 0 Å². The van der Waals surface area contributed by atoms with Crippen molar-refractivity contribution >= 4 is 27.3 Å². The Balaban J connectivity index is 1.63. The van der Waals surface area contributed by atoms with Crippen molar-refractivity contribution < 1.29 is 17.9 Å². The molecule has 0 aromatic heterocycles. The van der Waals surface area contributed by atoms with Crippen LogP contribution in [0.1, 0.15) is 12.8 Å². The van der Waals surface area contributed by atoms with Crippen LogP contribution in [0.25, 0.3) is 0 Å². The highest BCUT2D eigenvalue weighted by Gasteiger charge is 2.27. The Labute approximate surface area is 129 Å². The van der Waals surface area contributed by atoms with E-state index in [1.54, 1.807) is 24.3 Å². The average Bonchev–Trinajstić information content (AvgIpc) is 2.78. The molecule has 2 rings (SSSR count). The van der Waals surface area contributed by atoms with E-state index in [0.717, 1.165) is 0 Å². The number of ether oxygens (including phenoxy) is 1. The SMILES string of the molecule is O=C(CCOc1ccc(Cl)cc1)NCC1CCS(=O)(=O)C1. The van der Waals surface area contributed by atoms with E-state index in [9.17, 15) is 13.2 Å². The lowest BCUT2D eigenvalue weighted by Gasteiger charge is -2.10. The van der Waals surface area contributed by atoms with Crippen molar-refractivity contribution in [2.45, 2.75) is 12.8 Å². The summed E-state index contributed by atoms with van der Waals surface area (Å²) in [7, 11) is -2.89. The van der Waals surface area contributed by atoms with Crippen molar-refractivity contribution in [2.24, 2.45) is 5.92 Å². The number of halogens is 1. The van der Waals surface area contributed by atoms with Crippen LogP contribution in [0.2, 0.25) is 5.02 Å². The minimum absolute atomic E-state index is 0.0381. The van der Waals surface area contributed by atoms with Crippen LogP contribution in [-0.4, -0.2) is 39.0 Å². The molecule has 1 aliphatic heterocycles. The summed E-state index contributed by atoms with van der Waals surface area (Å²) < 4.78 is 28.0. The van der Waals surface area contributed by atoms with E-state index in [-0.39, 0.29) is 36.4 Å². The van der Waals surface area contributed by atoms with Gasteiger partial charge in [0.2, 0.25) is 5.91 Å². The summed E-state index contributed by atoms with van der Waals surface area (Å²) in [5.74, 6) is 0.973. The number of carbonyl (C=O) groups excluding carboxylic acids is 1. The van der Waals surface area contributed by atoms with E-state index in [1.165, 1.54) is 0 Å². The van der Waals surface area contributed by atoms with Crippen molar-refractivity contribution in [1.82, 2.24) is 5.32 Å². The molecule has 1 heterocycles. The molecule has 1 aromatic carbocycles. The Hall–Kier alpha value is -1.27. The molecule has 1 aliphatic rings. The zero-order valence-corrected chi connectivity index (χ0v) is 13.1. The normalized spacial score (nSPS) is 20.1. The Morgan fingerprint density at radius 2 is 2.05 bits per heavy atom. The molecular weight excluding hydrogens is 314 g/mol. The number of rotatable bonds is 6. The summed E-state index contributed by atoms with van der Waals surface area (Å²) in [4.78, 5) is 11.6. The van der Waals surface area contributed by atoms with E-state index in [0.29, 0.717) is 23.7 Å². The molecule has 1 N–H and O–H groups in total. The molecule has 1 unspecified atom stereocenters. The molecule has 0 radical (unpaired) electrons.